The predicted octanol–water partition coefficient (Wildman–Crippen LogP) is 5.86. The first-order valence-corrected chi connectivity index (χ1v) is 11.7. The zero-order valence-electron chi connectivity index (χ0n) is 20.3. The van der Waals surface area contributed by atoms with Crippen LogP contribution in [0.3, 0.4) is 0 Å². The largest absolute Gasteiger partial charge is 0.472 e. The number of allylic oxidation sites excluding steroid dienone is 1. The van der Waals surface area contributed by atoms with Gasteiger partial charge in [0.1, 0.15) is 18.1 Å². The normalized spacial score (nSPS) is 13.0. The number of imidazole rings is 1. The number of hydrogen-bond donors (Lipinski definition) is 1. The van der Waals surface area contributed by atoms with E-state index in [4.69, 9.17) is 22.1 Å². The zero-order valence-corrected chi connectivity index (χ0v) is 21.0. The van der Waals surface area contributed by atoms with Crippen LogP contribution in [0, 0.1) is 0 Å². The van der Waals surface area contributed by atoms with E-state index in [0.29, 0.717) is 28.1 Å². The van der Waals surface area contributed by atoms with Crippen LogP contribution in [0.5, 0.6) is 5.88 Å². The van der Waals surface area contributed by atoms with Gasteiger partial charge in [-0.05, 0) is 31.5 Å². The second-order valence-corrected chi connectivity index (χ2v) is 8.91. The van der Waals surface area contributed by atoms with Gasteiger partial charge >= 0.3 is 6.18 Å². The lowest BCUT2D eigenvalue weighted by atomic mass is 10.1. The lowest BCUT2D eigenvalue weighted by Gasteiger charge is -2.12. The Morgan fingerprint density at radius 2 is 1.81 bits per heavy atom. The number of halogens is 4. The van der Waals surface area contributed by atoms with E-state index in [1.165, 1.54) is 17.8 Å². The Morgan fingerprint density at radius 3 is 2.43 bits per heavy atom. The molecule has 2 aromatic carbocycles. The molecule has 0 amide bonds. The number of hydrogen-bond acceptors (Lipinski definition) is 6. The van der Waals surface area contributed by atoms with Gasteiger partial charge in [0, 0.05) is 31.0 Å². The molecule has 37 heavy (non-hydrogen) atoms. The average Bonchev–Trinajstić information content (AvgIpc) is 3.27. The van der Waals surface area contributed by atoms with E-state index in [9.17, 15) is 13.2 Å². The molecule has 0 saturated carbocycles. The number of nitrogens with two attached hydrogens (primary N) is 1. The summed E-state index contributed by atoms with van der Waals surface area (Å²) in [4.78, 5) is 17.4. The van der Waals surface area contributed by atoms with Gasteiger partial charge in [-0.1, -0.05) is 48.0 Å². The minimum atomic E-state index is -4.51. The number of aryl methyl sites for hydroxylation is 1. The number of para-hydroxylation sites is 1. The molecule has 0 unspecified atom stereocenters. The predicted molar refractivity (Wildman–Crippen MR) is 137 cm³/mol. The summed E-state index contributed by atoms with van der Waals surface area (Å²) in [7, 11) is 1.52. The van der Waals surface area contributed by atoms with Crippen molar-refractivity contribution in [2.45, 2.75) is 32.7 Å². The summed E-state index contributed by atoms with van der Waals surface area (Å²) in [6.45, 7) is 3.96. The number of alkyl halides is 3. The highest BCUT2D eigenvalue weighted by Crippen LogP contribution is 2.31. The maximum absolute atomic E-state index is 13.0. The maximum atomic E-state index is 13.0. The molecule has 192 valence electrons. The minimum absolute atomic E-state index is 0.0763. The van der Waals surface area contributed by atoms with Gasteiger partial charge in [0.05, 0.1) is 15.9 Å². The fourth-order valence-electron chi connectivity index (χ4n) is 3.60. The summed E-state index contributed by atoms with van der Waals surface area (Å²) in [5.74, 6) is 0.828. The standard InChI is InChI=1S/C26H24ClF3N6O/c1-15(2)32-22(19(27)12-31)23-33-20-7-5-4-6-18(20)25(35-23)37-14-16-8-10-17(11-9-16)24-34-21(13-36(24)3)26(28,29)30/h4-13,15H,14,31H2,1-3H3/b19-12+,32-22?. The molecule has 4 aromatic rings. The Hall–Kier alpha value is -3.92. The summed E-state index contributed by atoms with van der Waals surface area (Å²) in [6, 6.07) is 14.2. The van der Waals surface area contributed by atoms with Gasteiger partial charge in [-0.25, -0.2) is 9.97 Å². The van der Waals surface area contributed by atoms with E-state index in [2.05, 4.69) is 19.9 Å². The van der Waals surface area contributed by atoms with E-state index in [1.54, 1.807) is 24.3 Å². The number of fused-ring (bicyclic) bond motifs is 1. The smallest absolute Gasteiger partial charge is 0.434 e. The lowest BCUT2D eigenvalue weighted by molar-refractivity contribution is -0.140. The van der Waals surface area contributed by atoms with Crippen molar-refractivity contribution in [1.82, 2.24) is 19.5 Å². The minimum Gasteiger partial charge on any atom is -0.472 e. The molecule has 2 heterocycles. The third kappa shape index (κ3) is 5.91. The van der Waals surface area contributed by atoms with Crippen molar-refractivity contribution in [3.63, 3.8) is 0 Å². The third-order valence-corrected chi connectivity index (χ3v) is 5.60. The zero-order chi connectivity index (χ0) is 26.7. The number of aliphatic imine (C=N–C) groups is 1. The van der Waals surface area contributed by atoms with Crippen molar-refractivity contribution in [3.05, 3.63) is 83.0 Å². The number of ether oxygens (including phenoxy) is 1. The molecule has 0 radical (unpaired) electrons. The molecule has 4 rings (SSSR count). The van der Waals surface area contributed by atoms with Crippen LogP contribution < -0.4 is 10.5 Å². The highest BCUT2D eigenvalue weighted by molar-refractivity contribution is 6.45. The van der Waals surface area contributed by atoms with E-state index >= 15 is 0 Å². The Kier molecular flexibility index (Phi) is 7.49. The monoisotopic (exact) mass is 528 g/mol. The van der Waals surface area contributed by atoms with Gasteiger partial charge in [0.25, 0.3) is 0 Å². The van der Waals surface area contributed by atoms with Crippen LogP contribution in [0.4, 0.5) is 13.2 Å². The first-order valence-electron chi connectivity index (χ1n) is 11.3. The number of aromatic nitrogens is 4. The van der Waals surface area contributed by atoms with Crippen LogP contribution in [0.1, 0.15) is 30.9 Å². The van der Waals surface area contributed by atoms with E-state index < -0.39 is 11.9 Å². The second kappa shape index (κ2) is 10.6. The molecule has 11 heteroatoms. The number of nitrogens with zero attached hydrogens (tertiary/aromatic N) is 5. The fraction of sp³-hybridized carbons (Fsp3) is 0.231. The molecule has 0 atom stereocenters. The van der Waals surface area contributed by atoms with Crippen LogP contribution in [-0.2, 0) is 19.8 Å². The molecule has 0 fully saturated rings. The molecular weight excluding hydrogens is 505 g/mol. The van der Waals surface area contributed by atoms with Gasteiger partial charge in [-0.3, -0.25) is 4.99 Å². The molecule has 0 aliphatic carbocycles. The first kappa shape index (κ1) is 26.2. The summed E-state index contributed by atoms with van der Waals surface area (Å²) in [5, 5.41) is 0.917. The van der Waals surface area contributed by atoms with Gasteiger partial charge in [0.2, 0.25) is 5.88 Å². The molecule has 0 aliphatic rings. The topological polar surface area (TPSA) is 91.2 Å². The van der Waals surface area contributed by atoms with Gasteiger partial charge in [0.15, 0.2) is 11.5 Å². The van der Waals surface area contributed by atoms with E-state index in [-0.39, 0.29) is 29.3 Å². The lowest BCUT2D eigenvalue weighted by Crippen LogP contribution is -2.13. The van der Waals surface area contributed by atoms with E-state index in [0.717, 1.165) is 11.8 Å². The summed E-state index contributed by atoms with van der Waals surface area (Å²) < 4.78 is 46.4. The summed E-state index contributed by atoms with van der Waals surface area (Å²) in [6.07, 6.45) is -2.30. The highest BCUT2D eigenvalue weighted by Gasteiger charge is 2.34. The molecule has 7 nitrogen and oxygen atoms in total. The molecule has 0 bridgehead atoms. The quantitative estimate of drug-likeness (QED) is 0.303. The maximum Gasteiger partial charge on any atom is 0.434 e. The Morgan fingerprint density at radius 1 is 1.11 bits per heavy atom. The van der Waals surface area contributed by atoms with Crippen molar-refractivity contribution in [1.29, 1.82) is 0 Å². The summed E-state index contributed by atoms with van der Waals surface area (Å²) in [5.41, 5.74) is 7.03. The second-order valence-electron chi connectivity index (χ2n) is 8.50. The summed E-state index contributed by atoms with van der Waals surface area (Å²) >= 11 is 6.30. The van der Waals surface area contributed by atoms with Crippen LogP contribution in [0.25, 0.3) is 22.3 Å². The van der Waals surface area contributed by atoms with Crippen LogP contribution in [-0.4, -0.2) is 31.3 Å². The molecule has 0 spiro atoms. The molecule has 0 saturated heterocycles. The Balaban J connectivity index is 1.62. The number of rotatable bonds is 7. The third-order valence-electron chi connectivity index (χ3n) is 5.29. The van der Waals surface area contributed by atoms with E-state index in [1.807, 2.05) is 38.1 Å². The van der Waals surface area contributed by atoms with Crippen molar-refractivity contribution in [3.8, 4) is 17.3 Å². The van der Waals surface area contributed by atoms with Crippen molar-refractivity contribution >= 4 is 28.2 Å². The van der Waals surface area contributed by atoms with Crippen molar-refractivity contribution in [2.75, 3.05) is 0 Å². The van der Waals surface area contributed by atoms with Crippen molar-refractivity contribution < 1.29 is 17.9 Å². The molecule has 2 aromatic heterocycles. The average molecular weight is 529 g/mol. The molecule has 2 N–H and O–H groups in total. The number of benzene rings is 2. The fourth-order valence-corrected chi connectivity index (χ4v) is 3.73. The van der Waals surface area contributed by atoms with Gasteiger partial charge < -0.3 is 15.0 Å². The molecular formula is C26H24ClF3N6O. The van der Waals surface area contributed by atoms with Gasteiger partial charge in [-0.2, -0.15) is 18.2 Å². The van der Waals surface area contributed by atoms with Crippen LogP contribution >= 0.6 is 11.6 Å². The van der Waals surface area contributed by atoms with Crippen LogP contribution in [0.15, 0.2) is 71.0 Å². The Bertz CT molecular complexity index is 1480. The van der Waals surface area contributed by atoms with Crippen LogP contribution in [0.2, 0.25) is 0 Å². The Labute approximate surface area is 216 Å². The van der Waals surface area contributed by atoms with Gasteiger partial charge in [-0.15, -0.1) is 0 Å². The highest BCUT2D eigenvalue weighted by atomic mass is 35.5. The van der Waals surface area contributed by atoms with Crippen molar-refractivity contribution in [2.24, 2.45) is 17.8 Å². The SMILES string of the molecule is CC(C)N=C(/C(Cl)=C\N)c1nc(OCc2ccc(-c3nc(C(F)(F)F)cn3C)cc2)c2ccccc2n1. The first-order chi connectivity index (χ1) is 17.6. The molecule has 0 aliphatic heterocycles.